The van der Waals surface area contributed by atoms with Crippen molar-refractivity contribution in [3.63, 3.8) is 0 Å². The first-order chi connectivity index (χ1) is 13.2. The van der Waals surface area contributed by atoms with Gasteiger partial charge in [0.2, 0.25) is 17.6 Å². The number of hydrogen-bond donors (Lipinski definition) is 0. The summed E-state index contributed by atoms with van der Waals surface area (Å²) < 4.78 is 10.2. The van der Waals surface area contributed by atoms with Crippen LogP contribution < -0.4 is 4.90 Å². The molecule has 138 valence electrons. The number of hydrogen-bond acceptors (Lipinski definition) is 6. The molecule has 1 saturated heterocycles. The summed E-state index contributed by atoms with van der Waals surface area (Å²) in [6.07, 6.45) is 4.86. The van der Waals surface area contributed by atoms with Crippen LogP contribution in [0.5, 0.6) is 0 Å². The molecule has 3 aromatic rings. The Labute approximate surface area is 156 Å². The van der Waals surface area contributed by atoms with Crippen LogP contribution in [0.3, 0.4) is 0 Å². The van der Waals surface area contributed by atoms with Gasteiger partial charge in [-0.05, 0) is 42.5 Å². The lowest BCUT2D eigenvalue weighted by molar-refractivity contribution is -0.126. The summed E-state index contributed by atoms with van der Waals surface area (Å²) in [6, 6.07) is 11.7. The number of rotatable bonds is 4. The number of carbonyl (C=O) groups is 1. The van der Waals surface area contributed by atoms with E-state index in [4.69, 9.17) is 8.94 Å². The molecule has 0 bridgehead atoms. The first-order valence-electron chi connectivity index (χ1n) is 8.85. The maximum absolute atomic E-state index is 12.3. The van der Waals surface area contributed by atoms with Crippen molar-refractivity contribution in [1.29, 1.82) is 0 Å². The van der Waals surface area contributed by atoms with Gasteiger partial charge in [-0.3, -0.25) is 4.79 Å². The fourth-order valence-corrected chi connectivity index (χ4v) is 3.07. The maximum Gasteiger partial charge on any atom is 0.246 e. The highest BCUT2D eigenvalue weighted by atomic mass is 16.5. The number of amides is 1. The van der Waals surface area contributed by atoms with E-state index in [1.807, 2.05) is 23.1 Å². The average molecular weight is 364 g/mol. The standard InChI is InChI=1S/C20H20N4O3/c1-15-21-20(22-27-15)16-4-6-17(7-5-16)23-10-12-24(13-11-23)19(25)9-8-18-3-2-14-26-18/h2-9,14H,10-13H2,1H3/b9-8+. The number of furan rings is 1. The van der Waals surface area contributed by atoms with Gasteiger partial charge in [-0.1, -0.05) is 5.16 Å². The zero-order valence-corrected chi connectivity index (χ0v) is 15.0. The number of piperazine rings is 1. The molecule has 7 nitrogen and oxygen atoms in total. The predicted octanol–water partition coefficient (Wildman–Crippen LogP) is 3.00. The predicted molar refractivity (Wildman–Crippen MR) is 101 cm³/mol. The summed E-state index contributed by atoms with van der Waals surface area (Å²) in [6.45, 7) is 4.73. The van der Waals surface area contributed by atoms with Gasteiger partial charge in [0.25, 0.3) is 0 Å². The molecule has 0 spiro atoms. The van der Waals surface area contributed by atoms with Crippen molar-refractivity contribution < 1.29 is 13.7 Å². The Morgan fingerprint density at radius 2 is 1.89 bits per heavy atom. The Morgan fingerprint density at radius 1 is 1.11 bits per heavy atom. The van der Waals surface area contributed by atoms with Crippen LogP contribution in [0.25, 0.3) is 17.5 Å². The molecule has 0 aliphatic carbocycles. The summed E-state index contributed by atoms with van der Waals surface area (Å²) in [5, 5.41) is 3.94. The average Bonchev–Trinajstić information content (AvgIpc) is 3.38. The van der Waals surface area contributed by atoms with Crippen molar-refractivity contribution in [1.82, 2.24) is 15.0 Å². The van der Waals surface area contributed by atoms with Crippen LogP contribution in [-0.4, -0.2) is 47.1 Å². The lowest BCUT2D eigenvalue weighted by Crippen LogP contribution is -2.48. The van der Waals surface area contributed by atoms with Crippen LogP contribution in [-0.2, 0) is 4.79 Å². The van der Waals surface area contributed by atoms with Gasteiger partial charge in [0.05, 0.1) is 6.26 Å². The van der Waals surface area contributed by atoms with E-state index in [0.29, 0.717) is 30.6 Å². The lowest BCUT2D eigenvalue weighted by Gasteiger charge is -2.35. The van der Waals surface area contributed by atoms with Crippen LogP contribution in [0, 0.1) is 6.92 Å². The molecule has 1 aliphatic rings. The van der Waals surface area contributed by atoms with E-state index in [2.05, 4.69) is 27.2 Å². The summed E-state index contributed by atoms with van der Waals surface area (Å²) >= 11 is 0. The van der Waals surface area contributed by atoms with Gasteiger partial charge in [-0.25, -0.2) is 0 Å². The quantitative estimate of drug-likeness (QED) is 0.663. The van der Waals surface area contributed by atoms with Crippen LogP contribution in [0.4, 0.5) is 5.69 Å². The molecule has 27 heavy (non-hydrogen) atoms. The van der Waals surface area contributed by atoms with E-state index in [1.165, 1.54) is 0 Å². The minimum Gasteiger partial charge on any atom is -0.465 e. The minimum atomic E-state index is 0.00822. The Morgan fingerprint density at radius 3 is 2.52 bits per heavy atom. The van der Waals surface area contributed by atoms with Crippen molar-refractivity contribution in [3.8, 4) is 11.4 Å². The van der Waals surface area contributed by atoms with Gasteiger partial charge in [0.1, 0.15) is 5.76 Å². The highest BCUT2D eigenvalue weighted by molar-refractivity contribution is 5.91. The smallest absolute Gasteiger partial charge is 0.246 e. The number of nitrogens with zero attached hydrogens (tertiary/aromatic N) is 4. The second-order valence-electron chi connectivity index (χ2n) is 6.34. The highest BCUT2D eigenvalue weighted by Gasteiger charge is 2.20. The van der Waals surface area contributed by atoms with Crippen molar-refractivity contribution >= 4 is 17.7 Å². The normalized spacial score (nSPS) is 14.9. The molecule has 2 aromatic heterocycles. The van der Waals surface area contributed by atoms with Crippen LogP contribution in [0.15, 0.2) is 57.7 Å². The molecule has 0 unspecified atom stereocenters. The molecule has 0 N–H and O–H groups in total. The van der Waals surface area contributed by atoms with Crippen molar-refractivity contribution in [2.75, 3.05) is 31.1 Å². The van der Waals surface area contributed by atoms with Gasteiger partial charge < -0.3 is 18.7 Å². The zero-order chi connectivity index (χ0) is 18.6. The van der Waals surface area contributed by atoms with Crippen LogP contribution in [0.2, 0.25) is 0 Å². The summed E-state index contributed by atoms with van der Waals surface area (Å²) in [5.41, 5.74) is 2.05. The van der Waals surface area contributed by atoms with E-state index >= 15 is 0 Å². The molecule has 0 radical (unpaired) electrons. The summed E-state index contributed by atoms with van der Waals surface area (Å²) in [7, 11) is 0. The van der Waals surface area contributed by atoms with Crippen LogP contribution >= 0.6 is 0 Å². The highest BCUT2D eigenvalue weighted by Crippen LogP contribution is 2.22. The number of benzene rings is 1. The topological polar surface area (TPSA) is 75.6 Å². The van der Waals surface area contributed by atoms with Crippen molar-refractivity contribution in [2.45, 2.75) is 6.92 Å². The summed E-state index contributed by atoms with van der Waals surface area (Å²) in [4.78, 5) is 20.7. The molecular weight excluding hydrogens is 344 g/mol. The second kappa shape index (κ2) is 7.49. The van der Waals surface area contributed by atoms with Crippen LogP contribution in [0.1, 0.15) is 11.7 Å². The lowest BCUT2D eigenvalue weighted by atomic mass is 10.1. The monoisotopic (exact) mass is 364 g/mol. The molecule has 4 rings (SSSR count). The van der Waals surface area contributed by atoms with Crippen molar-refractivity contribution in [2.24, 2.45) is 0 Å². The molecule has 7 heteroatoms. The minimum absolute atomic E-state index is 0.00822. The third-order valence-corrected chi connectivity index (χ3v) is 4.54. The number of aromatic nitrogens is 2. The zero-order valence-electron chi connectivity index (χ0n) is 15.0. The molecule has 1 aromatic carbocycles. The SMILES string of the molecule is Cc1nc(-c2ccc(N3CCN(C(=O)/C=C/c4ccco4)CC3)cc2)no1. The molecule has 1 amide bonds. The Kier molecular flexibility index (Phi) is 4.74. The second-order valence-corrected chi connectivity index (χ2v) is 6.34. The molecule has 1 aliphatic heterocycles. The number of anilines is 1. The molecular formula is C20H20N4O3. The fraction of sp³-hybridized carbons (Fsp3) is 0.250. The Balaban J connectivity index is 1.34. The number of carbonyl (C=O) groups excluding carboxylic acids is 1. The van der Waals surface area contributed by atoms with E-state index in [9.17, 15) is 4.79 Å². The Bertz CT molecular complexity index is 921. The molecule has 1 fully saturated rings. The van der Waals surface area contributed by atoms with Gasteiger partial charge in [0.15, 0.2) is 0 Å². The first kappa shape index (κ1) is 17.1. The Hall–Kier alpha value is -3.35. The van der Waals surface area contributed by atoms with Gasteiger partial charge >= 0.3 is 0 Å². The molecule has 3 heterocycles. The third-order valence-electron chi connectivity index (χ3n) is 4.54. The van der Waals surface area contributed by atoms with E-state index in [0.717, 1.165) is 24.3 Å². The fourth-order valence-electron chi connectivity index (χ4n) is 3.07. The third kappa shape index (κ3) is 3.92. The van der Waals surface area contributed by atoms with E-state index < -0.39 is 0 Å². The van der Waals surface area contributed by atoms with Gasteiger partial charge in [0, 0.05) is 50.4 Å². The van der Waals surface area contributed by atoms with E-state index in [-0.39, 0.29) is 5.91 Å². The molecule has 0 atom stereocenters. The van der Waals surface area contributed by atoms with E-state index in [1.54, 1.807) is 31.4 Å². The summed E-state index contributed by atoms with van der Waals surface area (Å²) in [5.74, 6) is 1.83. The first-order valence-corrected chi connectivity index (χ1v) is 8.85. The van der Waals surface area contributed by atoms with Gasteiger partial charge in [-0.15, -0.1) is 0 Å². The number of aryl methyl sites for hydroxylation is 1. The van der Waals surface area contributed by atoms with Crippen molar-refractivity contribution in [3.05, 3.63) is 60.4 Å². The molecule has 0 saturated carbocycles. The maximum atomic E-state index is 12.3. The largest absolute Gasteiger partial charge is 0.465 e. The van der Waals surface area contributed by atoms with Gasteiger partial charge in [-0.2, -0.15) is 4.98 Å².